The molecule has 3 aromatic heterocycles. The van der Waals surface area contributed by atoms with E-state index in [1.54, 1.807) is 37.4 Å². The first-order chi connectivity index (χ1) is 15.5. The number of ketones is 1. The van der Waals surface area contributed by atoms with E-state index in [1.807, 2.05) is 35.2 Å². The summed E-state index contributed by atoms with van der Waals surface area (Å²) in [6.07, 6.45) is 5.28. The number of Topliss-reactive ketones (excluding diaryl/α,β-unsaturated/α-hetero) is 1. The lowest BCUT2D eigenvalue weighted by Gasteiger charge is -2.27. The zero-order valence-electron chi connectivity index (χ0n) is 18.4. The fourth-order valence-electron chi connectivity index (χ4n) is 4.07. The minimum Gasteiger partial charge on any atom is -0.481 e. The van der Waals surface area contributed by atoms with E-state index in [0.29, 0.717) is 25.5 Å². The van der Waals surface area contributed by atoms with Crippen molar-refractivity contribution in [3.05, 3.63) is 60.0 Å². The minimum atomic E-state index is -0.323. The third-order valence-electron chi connectivity index (χ3n) is 5.72. The number of hydrogen-bond acceptors (Lipinski definition) is 6. The van der Waals surface area contributed by atoms with Crippen LogP contribution in [0.5, 0.6) is 5.88 Å². The summed E-state index contributed by atoms with van der Waals surface area (Å²) in [5.74, 6) is 0.537. The van der Waals surface area contributed by atoms with Crippen LogP contribution in [0.3, 0.4) is 0 Å². The van der Waals surface area contributed by atoms with Crippen molar-refractivity contribution in [1.82, 2.24) is 24.8 Å². The van der Waals surface area contributed by atoms with Gasteiger partial charge in [-0.3, -0.25) is 4.79 Å². The number of ether oxygens (including phenoxy) is 1. The number of urea groups is 1. The summed E-state index contributed by atoms with van der Waals surface area (Å²) in [6, 6.07) is 11.2. The Bertz CT molecular complexity index is 1100. The summed E-state index contributed by atoms with van der Waals surface area (Å²) in [4.78, 5) is 41.8. The Labute approximate surface area is 187 Å². The fourth-order valence-corrected chi connectivity index (χ4v) is 4.07. The van der Waals surface area contributed by atoms with E-state index in [2.05, 4.69) is 15.0 Å². The van der Waals surface area contributed by atoms with Gasteiger partial charge in [-0.25, -0.2) is 19.7 Å². The van der Waals surface area contributed by atoms with E-state index < -0.39 is 0 Å². The monoisotopic (exact) mass is 433 g/mol. The van der Waals surface area contributed by atoms with Gasteiger partial charge in [-0.05, 0) is 49.6 Å². The molecule has 1 aliphatic rings. The Morgan fingerprint density at radius 2 is 2.03 bits per heavy atom. The minimum absolute atomic E-state index is 0.0352. The summed E-state index contributed by atoms with van der Waals surface area (Å²) in [6.45, 7) is 3.42. The number of amides is 2. The van der Waals surface area contributed by atoms with Crippen molar-refractivity contribution in [2.45, 2.75) is 32.2 Å². The molecular formula is C24H27N5O3. The normalized spacial score (nSPS) is 14.8. The Morgan fingerprint density at radius 1 is 1.16 bits per heavy atom. The molecule has 32 heavy (non-hydrogen) atoms. The molecule has 166 valence electrons. The molecule has 4 rings (SSSR count). The maximum Gasteiger partial charge on any atom is 0.320 e. The Hall–Kier alpha value is -3.55. The molecule has 0 N–H and O–H groups in total. The SMILES string of the molecule is COc1ccc([C@H](CC(C)=O)N2CCN(CCCc3ccc4cccnc4n3)C2=O)cn1. The first kappa shape index (κ1) is 21.7. The van der Waals surface area contributed by atoms with E-state index in [4.69, 9.17) is 4.74 Å². The molecule has 8 nitrogen and oxygen atoms in total. The van der Waals surface area contributed by atoms with Crippen LogP contribution in [0, 0.1) is 0 Å². The zero-order valence-corrected chi connectivity index (χ0v) is 18.4. The highest BCUT2D eigenvalue weighted by molar-refractivity contribution is 5.80. The van der Waals surface area contributed by atoms with Crippen LogP contribution >= 0.6 is 0 Å². The van der Waals surface area contributed by atoms with E-state index in [-0.39, 0.29) is 24.3 Å². The van der Waals surface area contributed by atoms with Gasteiger partial charge in [-0.15, -0.1) is 0 Å². The second-order valence-electron chi connectivity index (χ2n) is 7.98. The summed E-state index contributed by atoms with van der Waals surface area (Å²) in [5.41, 5.74) is 2.55. The lowest BCUT2D eigenvalue weighted by molar-refractivity contribution is -0.118. The standard InChI is InChI=1S/C24H27N5O3/c1-17(30)15-21(19-8-10-22(32-2)26-16-19)29-14-13-28(24(29)31)12-4-6-20-9-7-18-5-3-11-25-23(18)27-20/h3,5,7-11,16,21H,4,6,12-15H2,1-2H3/t21-/m0/s1. The van der Waals surface area contributed by atoms with Crippen LogP contribution in [0.1, 0.15) is 37.1 Å². The average Bonchev–Trinajstić information content (AvgIpc) is 3.17. The first-order valence-corrected chi connectivity index (χ1v) is 10.8. The van der Waals surface area contributed by atoms with Crippen molar-refractivity contribution in [3.8, 4) is 5.88 Å². The quantitative estimate of drug-likeness (QED) is 0.514. The summed E-state index contributed by atoms with van der Waals surface area (Å²) < 4.78 is 5.12. The van der Waals surface area contributed by atoms with Crippen molar-refractivity contribution in [2.24, 2.45) is 0 Å². The van der Waals surface area contributed by atoms with Crippen molar-refractivity contribution in [2.75, 3.05) is 26.7 Å². The Balaban J connectivity index is 1.38. The molecular weight excluding hydrogens is 406 g/mol. The highest BCUT2D eigenvalue weighted by Gasteiger charge is 2.34. The van der Waals surface area contributed by atoms with Gasteiger partial charge in [0.2, 0.25) is 5.88 Å². The molecule has 2 amide bonds. The molecule has 1 atom stereocenters. The van der Waals surface area contributed by atoms with Crippen LogP contribution in [-0.4, -0.2) is 63.3 Å². The third-order valence-corrected chi connectivity index (χ3v) is 5.72. The van der Waals surface area contributed by atoms with E-state index >= 15 is 0 Å². The maximum absolute atomic E-state index is 13.1. The van der Waals surface area contributed by atoms with Crippen LogP contribution in [0.25, 0.3) is 11.0 Å². The molecule has 4 heterocycles. The molecule has 8 heteroatoms. The summed E-state index contributed by atoms with van der Waals surface area (Å²) >= 11 is 0. The maximum atomic E-state index is 13.1. The lowest BCUT2D eigenvalue weighted by atomic mass is 10.0. The molecule has 1 aliphatic heterocycles. The third kappa shape index (κ3) is 4.85. The molecule has 0 unspecified atom stereocenters. The highest BCUT2D eigenvalue weighted by atomic mass is 16.5. The number of pyridine rings is 3. The van der Waals surface area contributed by atoms with Gasteiger partial charge in [-0.1, -0.05) is 6.07 Å². The van der Waals surface area contributed by atoms with Crippen molar-refractivity contribution in [1.29, 1.82) is 0 Å². The van der Waals surface area contributed by atoms with Crippen LogP contribution < -0.4 is 4.74 Å². The average molecular weight is 434 g/mol. The van der Waals surface area contributed by atoms with Gasteiger partial charge in [0.15, 0.2) is 5.65 Å². The van der Waals surface area contributed by atoms with Crippen LogP contribution in [0.4, 0.5) is 4.79 Å². The number of methoxy groups -OCH3 is 1. The van der Waals surface area contributed by atoms with E-state index in [1.165, 1.54) is 0 Å². The fraction of sp³-hybridized carbons (Fsp3) is 0.375. The number of carbonyl (C=O) groups is 2. The molecule has 0 aromatic carbocycles. The van der Waals surface area contributed by atoms with Gasteiger partial charge in [0, 0.05) is 55.6 Å². The first-order valence-electron chi connectivity index (χ1n) is 10.8. The molecule has 0 saturated carbocycles. The number of carbonyl (C=O) groups excluding carboxylic acids is 2. The lowest BCUT2D eigenvalue weighted by Crippen LogP contribution is -2.36. The molecule has 1 fully saturated rings. The van der Waals surface area contributed by atoms with Gasteiger partial charge in [0.1, 0.15) is 5.78 Å². The van der Waals surface area contributed by atoms with Gasteiger partial charge in [-0.2, -0.15) is 0 Å². The number of rotatable bonds is 9. The van der Waals surface area contributed by atoms with Gasteiger partial charge in [0.05, 0.1) is 13.2 Å². The van der Waals surface area contributed by atoms with Crippen molar-refractivity contribution < 1.29 is 14.3 Å². The summed E-state index contributed by atoms with van der Waals surface area (Å²) in [5, 5.41) is 1.02. The number of aryl methyl sites for hydroxylation is 1. The number of aromatic nitrogens is 3. The molecule has 0 aliphatic carbocycles. The predicted octanol–water partition coefficient (Wildman–Crippen LogP) is 3.42. The van der Waals surface area contributed by atoms with Gasteiger partial charge in [0.25, 0.3) is 0 Å². The predicted molar refractivity (Wildman–Crippen MR) is 120 cm³/mol. The van der Waals surface area contributed by atoms with Crippen molar-refractivity contribution in [3.63, 3.8) is 0 Å². The topological polar surface area (TPSA) is 88.5 Å². The number of fused-ring (bicyclic) bond motifs is 1. The van der Waals surface area contributed by atoms with Crippen molar-refractivity contribution >= 4 is 22.8 Å². The van der Waals surface area contributed by atoms with E-state index in [0.717, 1.165) is 35.1 Å². The van der Waals surface area contributed by atoms with Crippen LogP contribution in [0.15, 0.2) is 48.8 Å². The molecule has 0 spiro atoms. The van der Waals surface area contributed by atoms with Gasteiger partial charge >= 0.3 is 6.03 Å². The molecule has 1 saturated heterocycles. The second-order valence-corrected chi connectivity index (χ2v) is 7.98. The number of nitrogens with zero attached hydrogens (tertiary/aromatic N) is 5. The number of hydrogen-bond donors (Lipinski definition) is 0. The van der Waals surface area contributed by atoms with Crippen LogP contribution in [-0.2, 0) is 11.2 Å². The Kier molecular flexibility index (Phi) is 6.58. The van der Waals surface area contributed by atoms with Crippen LogP contribution in [0.2, 0.25) is 0 Å². The molecule has 3 aromatic rings. The Morgan fingerprint density at radius 3 is 2.78 bits per heavy atom. The highest BCUT2D eigenvalue weighted by Crippen LogP contribution is 2.29. The largest absolute Gasteiger partial charge is 0.481 e. The second kappa shape index (κ2) is 9.72. The zero-order chi connectivity index (χ0) is 22.5. The molecule has 0 radical (unpaired) electrons. The van der Waals surface area contributed by atoms with Gasteiger partial charge < -0.3 is 14.5 Å². The molecule has 0 bridgehead atoms. The smallest absolute Gasteiger partial charge is 0.320 e. The summed E-state index contributed by atoms with van der Waals surface area (Å²) in [7, 11) is 1.56. The van der Waals surface area contributed by atoms with E-state index in [9.17, 15) is 9.59 Å².